The van der Waals surface area contributed by atoms with Gasteiger partial charge in [-0.15, -0.1) is 0 Å². The van der Waals surface area contributed by atoms with E-state index in [2.05, 4.69) is 11.9 Å². The van der Waals surface area contributed by atoms with E-state index in [0.29, 0.717) is 5.02 Å². The van der Waals surface area contributed by atoms with Crippen molar-refractivity contribution in [2.45, 2.75) is 6.04 Å². The lowest BCUT2D eigenvalue weighted by Gasteiger charge is -2.19. The van der Waals surface area contributed by atoms with Crippen LogP contribution in [0, 0.1) is 6.92 Å². The number of hydrogen-bond donors (Lipinski definition) is 1. The van der Waals surface area contributed by atoms with Gasteiger partial charge >= 0.3 is 0 Å². The number of aromatic amines is 1. The van der Waals surface area contributed by atoms with Crippen LogP contribution in [0.5, 0.6) is 0 Å². The van der Waals surface area contributed by atoms with Crippen molar-refractivity contribution in [3.63, 3.8) is 0 Å². The third-order valence-electron chi connectivity index (χ3n) is 1.81. The first-order chi connectivity index (χ1) is 6.00. The first-order valence-corrected chi connectivity index (χ1v) is 4.28. The molecule has 1 rings (SSSR count). The summed E-state index contributed by atoms with van der Waals surface area (Å²) in [6.07, 6.45) is 0. The van der Waals surface area contributed by atoms with E-state index in [1.807, 2.05) is 19.0 Å². The number of halogens is 1. The van der Waals surface area contributed by atoms with Gasteiger partial charge in [0.15, 0.2) is 0 Å². The van der Waals surface area contributed by atoms with Gasteiger partial charge < -0.3 is 9.88 Å². The number of pyridine rings is 1. The Balaban J connectivity index is 3.08. The van der Waals surface area contributed by atoms with Crippen molar-refractivity contribution in [3.8, 4) is 0 Å². The molecule has 1 atom stereocenters. The minimum absolute atomic E-state index is 0.0913. The fraction of sp³-hybridized carbons (Fsp3) is 0.333. The summed E-state index contributed by atoms with van der Waals surface area (Å²) in [5.74, 6) is 0. The molecular formula is C9H12ClN2O. The van der Waals surface area contributed by atoms with Gasteiger partial charge in [0, 0.05) is 22.8 Å². The largest absolute Gasteiger partial charge is 0.325 e. The van der Waals surface area contributed by atoms with Crippen molar-refractivity contribution < 1.29 is 0 Å². The van der Waals surface area contributed by atoms with Gasteiger partial charge in [-0.05, 0) is 27.1 Å². The van der Waals surface area contributed by atoms with Crippen LogP contribution in [-0.4, -0.2) is 24.0 Å². The van der Waals surface area contributed by atoms with E-state index in [1.165, 1.54) is 6.07 Å². The first-order valence-electron chi connectivity index (χ1n) is 3.90. The molecule has 0 aliphatic rings. The molecule has 0 aromatic carbocycles. The molecule has 0 saturated carbocycles. The maximum atomic E-state index is 11.1. The molecule has 71 valence electrons. The Morgan fingerprint density at radius 1 is 1.54 bits per heavy atom. The summed E-state index contributed by atoms with van der Waals surface area (Å²) >= 11 is 5.73. The molecule has 13 heavy (non-hydrogen) atoms. The van der Waals surface area contributed by atoms with Crippen LogP contribution in [-0.2, 0) is 0 Å². The molecule has 1 unspecified atom stereocenters. The van der Waals surface area contributed by atoms with E-state index in [0.717, 1.165) is 5.69 Å². The van der Waals surface area contributed by atoms with Crippen molar-refractivity contribution in [2.75, 3.05) is 14.1 Å². The number of aromatic nitrogens is 1. The highest BCUT2D eigenvalue weighted by molar-refractivity contribution is 6.30. The van der Waals surface area contributed by atoms with Crippen molar-refractivity contribution >= 4 is 11.6 Å². The predicted octanol–water partition coefficient (Wildman–Crippen LogP) is 1.47. The minimum atomic E-state index is -0.196. The molecule has 1 aromatic heterocycles. The summed E-state index contributed by atoms with van der Waals surface area (Å²) in [5, 5.41) is 0.439. The number of nitrogens with one attached hydrogen (secondary N) is 1. The number of H-pyrrole nitrogens is 1. The topological polar surface area (TPSA) is 36.1 Å². The van der Waals surface area contributed by atoms with E-state index in [9.17, 15) is 4.79 Å². The second kappa shape index (κ2) is 3.94. The van der Waals surface area contributed by atoms with E-state index in [1.54, 1.807) is 6.07 Å². The number of rotatable bonds is 2. The highest BCUT2D eigenvalue weighted by Crippen LogP contribution is 2.15. The van der Waals surface area contributed by atoms with E-state index in [4.69, 9.17) is 11.6 Å². The lowest BCUT2D eigenvalue weighted by Crippen LogP contribution is -2.20. The normalized spacial score (nSPS) is 13.3. The fourth-order valence-corrected chi connectivity index (χ4v) is 1.20. The SMILES string of the molecule is [CH2]C(c1cc(Cl)cc(=O)[nH]1)N(C)C. The molecule has 0 spiro atoms. The van der Waals surface area contributed by atoms with Crippen LogP contribution in [0.2, 0.25) is 5.02 Å². The van der Waals surface area contributed by atoms with Crippen molar-refractivity contribution in [3.05, 3.63) is 40.1 Å². The minimum Gasteiger partial charge on any atom is -0.325 e. The van der Waals surface area contributed by atoms with Gasteiger partial charge in [0.05, 0.1) is 0 Å². The lowest BCUT2D eigenvalue weighted by molar-refractivity contribution is 0.342. The fourth-order valence-electron chi connectivity index (χ4n) is 0.988. The summed E-state index contributed by atoms with van der Waals surface area (Å²) in [4.78, 5) is 15.6. The highest BCUT2D eigenvalue weighted by Gasteiger charge is 2.09. The Morgan fingerprint density at radius 2 is 2.15 bits per heavy atom. The Morgan fingerprint density at radius 3 is 2.62 bits per heavy atom. The van der Waals surface area contributed by atoms with Crippen molar-refractivity contribution in [2.24, 2.45) is 0 Å². The van der Waals surface area contributed by atoms with E-state index in [-0.39, 0.29) is 11.6 Å². The molecule has 0 amide bonds. The molecule has 1 N–H and O–H groups in total. The number of hydrogen-bond acceptors (Lipinski definition) is 2. The molecule has 0 aliphatic heterocycles. The summed E-state index contributed by atoms with van der Waals surface area (Å²) in [6.45, 7) is 3.89. The zero-order valence-corrected chi connectivity index (χ0v) is 8.43. The monoisotopic (exact) mass is 199 g/mol. The number of nitrogens with zero attached hydrogens (tertiary/aromatic N) is 1. The smallest absolute Gasteiger partial charge is 0.249 e. The standard InChI is InChI=1S/C9H12ClN2O/c1-6(12(2)3)8-4-7(10)5-9(13)11-8/h4-6H,1H2,2-3H3,(H,11,13). The molecule has 1 heterocycles. The molecule has 0 saturated heterocycles. The zero-order chi connectivity index (χ0) is 10.0. The van der Waals surface area contributed by atoms with Gasteiger partial charge in [-0.3, -0.25) is 4.79 Å². The maximum absolute atomic E-state index is 11.1. The van der Waals surface area contributed by atoms with Crippen LogP contribution in [0.15, 0.2) is 16.9 Å². The van der Waals surface area contributed by atoms with Crippen molar-refractivity contribution in [1.82, 2.24) is 9.88 Å². The van der Waals surface area contributed by atoms with Crippen LogP contribution >= 0.6 is 11.6 Å². The summed E-state index contributed by atoms with van der Waals surface area (Å²) < 4.78 is 0. The molecule has 1 aromatic rings. The van der Waals surface area contributed by atoms with Crippen molar-refractivity contribution in [1.29, 1.82) is 0 Å². The van der Waals surface area contributed by atoms with Crippen LogP contribution in [0.4, 0.5) is 0 Å². The molecule has 0 fully saturated rings. The Labute approximate surface area is 82.3 Å². The van der Waals surface area contributed by atoms with Gasteiger partial charge in [-0.25, -0.2) is 0 Å². The highest BCUT2D eigenvalue weighted by atomic mass is 35.5. The van der Waals surface area contributed by atoms with Gasteiger partial charge in [0.1, 0.15) is 0 Å². The lowest BCUT2D eigenvalue weighted by atomic mass is 10.2. The Kier molecular flexibility index (Phi) is 3.12. The Hall–Kier alpha value is -0.800. The van der Waals surface area contributed by atoms with Gasteiger partial charge in [0.2, 0.25) is 5.56 Å². The predicted molar refractivity (Wildman–Crippen MR) is 53.9 cm³/mol. The molecule has 4 heteroatoms. The van der Waals surface area contributed by atoms with E-state index >= 15 is 0 Å². The molecule has 0 aliphatic carbocycles. The molecule has 0 bridgehead atoms. The molecular weight excluding hydrogens is 188 g/mol. The summed E-state index contributed by atoms with van der Waals surface area (Å²) in [7, 11) is 3.77. The quantitative estimate of drug-likeness (QED) is 0.783. The van der Waals surface area contributed by atoms with Crippen LogP contribution in [0.3, 0.4) is 0 Å². The average Bonchev–Trinajstić information content (AvgIpc) is 2.01. The maximum Gasteiger partial charge on any atom is 0.249 e. The second-order valence-corrected chi connectivity index (χ2v) is 3.53. The van der Waals surface area contributed by atoms with Gasteiger partial charge in [-0.1, -0.05) is 11.6 Å². The third-order valence-corrected chi connectivity index (χ3v) is 2.03. The summed E-state index contributed by atoms with van der Waals surface area (Å²) in [6, 6.07) is 2.96. The van der Waals surface area contributed by atoms with Crippen LogP contribution < -0.4 is 5.56 Å². The van der Waals surface area contributed by atoms with Crippen LogP contribution in [0.25, 0.3) is 0 Å². The van der Waals surface area contributed by atoms with Gasteiger partial charge in [-0.2, -0.15) is 0 Å². The average molecular weight is 200 g/mol. The first kappa shape index (κ1) is 10.3. The Bertz CT molecular complexity index is 346. The van der Waals surface area contributed by atoms with Gasteiger partial charge in [0.25, 0.3) is 0 Å². The third kappa shape index (κ3) is 2.57. The van der Waals surface area contributed by atoms with E-state index < -0.39 is 0 Å². The second-order valence-electron chi connectivity index (χ2n) is 3.10. The molecule has 1 radical (unpaired) electrons. The molecule has 3 nitrogen and oxygen atoms in total. The van der Waals surface area contributed by atoms with Crippen LogP contribution in [0.1, 0.15) is 11.7 Å². The zero-order valence-electron chi connectivity index (χ0n) is 7.67. The summed E-state index contributed by atoms with van der Waals surface area (Å²) in [5.41, 5.74) is 0.528.